The number of nitrogen functional groups attached to an aromatic ring is 4. The van der Waals surface area contributed by atoms with Gasteiger partial charge in [0.25, 0.3) is 0 Å². The maximum absolute atomic E-state index is 5.43. The number of anilines is 4. The number of hydrogen-bond donors (Lipinski definition) is 4. The average Bonchev–Trinajstić information content (AvgIpc) is 2.13. The van der Waals surface area contributed by atoms with Crippen molar-refractivity contribution in [1.82, 2.24) is 29.9 Å². The summed E-state index contributed by atoms with van der Waals surface area (Å²) in [5.74, 6) is 0.787. The Hall–Kier alpha value is -2.78. The van der Waals surface area contributed by atoms with Crippen LogP contribution in [0.2, 0.25) is 0 Å². The minimum Gasteiger partial charge on any atom is -0.368 e. The number of aromatic nitrogens is 6. The van der Waals surface area contributed by atoms with Crippen LogP contribution in [0, 0.1) is 0 Å². The Morgan fingerprint density at radius 1 is 0.529 bits per heavy atom. The summed E-state index contributed by atoms with van der Waals surface area (Å²) in [7, 11) is 0. The molecule has 10 nitrogen and oxygen atoms in total. The van der Waals surface area contributed by atoms with Crippen LogP contribution in [0.3, 0.4) is 0 Å². The lowest BCUT2D eigenvalue weighted by Gasteiger charge is -2.02. The maximum atomic E-state index is 5.43. The molecule has 0 amide bonds. The van der Waals surface area contributed by atoms with Gasteiger partial charge in [-0.25, -0.2) is 0 Å². The lowest BCUT2D eigenvalue weighted by atomic mass is 10.4. The smallest absolute Gasteiger partial charge is 0.225 e. The molecule has 2 aromatic rings. The Bertz CT molecular complexity index is 462. The molecular formula is C7H10N10. The third-order valence-electron chi connectivity index (χ3n) is 1.75. The summed E-state index contributed by atoms with van der Waals surface area (Å²) in [6.45, 7) is 0. The Morgan fingerprint density at radius 2 is 0.824 bits per heavy atom. The highest BCUT2D eigenvalue weighted by atomic mass is 15.2. The first-order chi connectivity index (χ1) is 8.02. The second-order valence-electron chi connectivity index (χ2n) is 3.11. The van der Waals surface area contributed by atoms with Gasteiger partial charge in [0, 0.05) is 0 Å². The summed E-state index contributed by atoms with van der Waals surface area (Å²) in [4.78, 5) is 22.8. The third-order valence-corrected chi connectivity index (χ3v) is 1.75. The average molecular weight is 234 g/mol. The highest BCUT2D eigenvalue weighted by Crippen LogP contribution is 2.05. The Kier molecular flexibility index (Phi) is 2.52. The zero-order chi connectivity index (χ0) is 12.4. The number of nitrogens with two attached hydrogens (primary N) is 4. The van der Waals surface area contributed by atoms with Crippen molar-refractivity contribution in [1.29, 1.82) is 0 Å². The minimum atomic E-state index is 0.0301. The zero-order valence-corrected chi connectivity index (χ0v) is 8.70. The second kappa shape index (κ2) is 4.00. The molecule has 17 heavy (non-hydrogen) atoms. The van der Waals surface area contributed by atoms with E-state index >= 15 is 0 Å². The van der Waals surface area contributed by atoms with Gasteiger partial charge in [-0.2, -0.15) is 29.9 Å². The first kappa shape index (κ1) is 10.7. The van der Waals surface area contributed by atoms with Crippen LogP contribution in [0.1, 0.15) is 11.6 Å². The van der Waals surface area contributed by atoms with Crippen LogP contribution in [-0.4, -0.2) is 29.9 Å². The van der Waals surface area contributed by atoms with Crippen molar-refractivity contribution in [2.75, 3.05) is 22.9 Å². The second-order valence-corrected chi connectivity index (χ2v) is 3.11. The van der Waals surface area contributed by atoms with E-state index in [0.717, 1.165) is 0 Å². The first-order valence-electron chi connectivity index (χ1n) is 4.55. The molecule has 10 heteroatoms. The predicted octanol–water partition coefficient (Wildman–Crippen LogP) is -2.02. The predicted molar refractivity (Wildman–Crippen MR) is 60.1 cm³/mol. The van der Waals surface area contributed by atoms with E-state index in [1.165, 1.54) is 0 Å². The fourth-order valence-electron chi connectivity index (χ4n) is 1.21. The molecule has 2 aromatic heterocycles. The molecule has 2 rings (SSSR count). The maximum Gasteiger partial charge on any atom is 0.225 e. The van der Waals surface area contributed by atoms with Crippen LogP contribution in [0.15, 0.2) is 0 Å². The largest absolute Gasteiger partial charge is 0.368 e. The van der Waals surface area contributed by atoms with Gasteiger partial charge in [-0.1, -0.05) is 0 Å². The van der Waals surface area contributed by atoms with Gasteiger partial charge in [-0.05, 0) is 0 Å². The van der Waals surface area contributed by atoms with Crippen molar-refractivity contribution in [3.05, 3.63) is 11.6 Å². The molecular weight excluding hydrogens is 224 g/mol. The van der Waals surface area contributed by atoms with Crippen LogP contribution >= 0.6 is 0 Å². The van der Waals surface area contributed by atoms with Crippen LogP contribution < -0.4 is 22.9 Å². The summed E-state index contributed by atoms with van der Waals surface area (Å²) in [6, 6.07) is 0. The van der Waals surface area contributed by atoms with Gasteiger partial charge >= 0.3 is 0 Å². The molecule has 0 spiro atoms. The molecule has 0 aliphatic carbocycles. The van der Waals surface area contributed by atoms with Crippen LogP contribution in [0.4, 0.5) is 23.8 Å². The van der Waals surface area contributed by atoms with Crippen LogP contribution in [0.5, 0.6) is 0 Å². The van der Waals surface area contributed by atoms with Gasteiger partial charge in [0.2, 0.25) is 23.8 Å². The van der Waals surface area contributed by atoms with Gasteiger partial charge < -0.3 is 22.9 Å². The molecule has 0 saturated carbocycles. The van der Waals surface area contributed by atoms with Crippen molar-refractivity contribution in [2.45, 2.75) is 6.42 Å². The van der Waals surface area contributed by atoms with Gasteiger partial charge in [-0.3, -0.25) is 0 Å². The summed E-state index contributed by atoms with van der Waals surface area (Å²) < 4.78 is 0. The molecule has 0 atom stereocenters. The van der Waals surface area contributed by atoms with E-state index in [9.17, 15) is 0 Å². The molecule has 8 N–H and O–H groups in total. The lowest BCUT2D eigenvalue weighted by molar-refractivity contribution is 0.867. The van der Waals surface area contributed by atoms with E-state index in [-0.39, 0.29) is 30.2 Å². The molecule has 0 radical (unpaired) electrons. The van der Waals surface area contributed by atoms with Crippen molar-refractivity contribution in [3.63, 3.8) is 0 Å². The summed E-state index contributed by atoms with van der Waals surface area (Å²) in [5.41, 5.74) is 21.7. The molecule has 0 aromatic carbocycles. The zero-order valence-electron chi connectivity index (χ0n) is 8.70. The fraction of sp³-hybridized carbons (Fsp3) is 0.143. The van der Waals surface area contributed by atoms with Crippen molar-refractivity contribution >= 4 is 23.8 Å². The molecule has 88 valence electrons. The number of nitrogens with zero attached hydrogens (tertiary/aromatic N) is 6. The van der Waals surface area contributed by atoms with Crippen LogP contribution in [0.25, 0.3) is 0 Å². The van der Waals surface area contributed by atoms with E-state index in [2.05, 4.69) is 29.9 Å². The third kappa shape index (κ3) is 2.62. The molecule has 0 bridgehead atoms. The fourth-order valence-corrected chi connectivity index (χ4v) is 1.21. The van der Waals surface area contributed by atoms with Gasteiger partial charge in [0.05, 0.1) is 6.42 Å². The first-order valence-corrected chi connectivity index (χ1v) is 4.55. The standard InChI is InChI=1S/C7H10N10/c8-4-12-2(13-5(9)16-4)1-3-14-6(10)17-7(11)15-3/h1H2,(H4,8,9,12,13,16)(H4,10,11,14,15,17). The molecule has 2 heterocycles. The molecule has 0 aliphatic rings. The van der Waals surface area contributed by atoms with Crippen molar-refractivity contribution in [3.8, 4) is 0 Å². The van der Waals surface area contributed by atoms with Crippen LogP contribution in [-0.2, 0) is 6.42 Å². The summed E-state index contributed by atoms with van der Waals surface area (Å²) in [5, 5.41) is 0. The molecule has 0 fully saturated rings. The van der Waals surface area contributed by atoms with Crippen molar-refractivity contribution < 1.29 is 0 Å². The highest BCUT2D eigenvalue weighted by molar-refractivity contribution is 5.29. The minimum absolute atomic E-state index is 0.0301. The number of rotatable bonds is 2. The van der Waals surface area contributed by atoms with Gasteiger partial charge in [0.15, 0.2) is 0 Å². The molecule has 0 unspecified atom stereocenters. The molecule has 0 saturated heterocycles. The van der Waals surface area contributed by atoms with E-state index in [1.54, 1.807) is 0 Å². The van der Waals surface area contributed by atoms with E-state index < -0.39 is 0 Å². The number of hydrogen-bond acceptors (Lipinski definition) is 10. The van der Waals surface area contributed by atoms with Crippen molar-refractivity contribution in [2.24, 2.45) is 0 Å². The quantitative estimate of drug-likeness (QED) is 0.452. The monoisotopic (exact) mass is 234 g/mol. The Labute approximate surface area is 95.5 Å². The van der Waals surface area contributed by atoms with E-state index in [4.69, 9.17) is 22.9 Å². The highest BCUT2D eigenvalue weighted by Gasteiger charge is 2.07. The lowest BCUT2D eigenvalue weighted by Crippen LogP contribution is -2.11. The summed E-state index contributed by atoms with van der Waals surface area (Å²) >= 11 is 0. The van der Waals surface area contributed by atoms with E-state index in [0.29, 0.717) is 11.6 Å². The Morgan fingerprint density at radius 3 is 1.12 bits per heavy atom. The SMILES string of the molecule is Nc1nc(N)nc(Cc2nc(N)nc(N)n2)n1. The Balaban J connectivity index is 2.31. The normalized spacial score (nSPS) is 10.4. The van der Waals surface area contributed by atoms with Gasteiger partial charge in [0.1, 0.15) is 11.6 Å². The summed E-state index contributed by atoms with van der Waals surface area (Å²) in [6.07, 6.45) is 0.188. The topological polar surface area (TPSA) is 181 Å². The van der Waals surface area contributed by atoms with E-state index in [1.807, 2.05) is 0 Å². The van der Waals surface area contributed by atoms with Gasteiger partial charge in [-0.15, -0.1) is 0 Å². The molecule has 0 aliphatic heterocycles.